The van der Waals surface area contributed by atoms with Crippen LogP contribution in [0.4, 0.5) is 0 Å². The summed E-state index contributed by atoms with van der Waals surface area (Å²) in [6.45, 7) is 0. The molecule has 124 valence electrons. The fraction of sp³-hybridized carbons (Fsp3) is 0.0625. The molecule has 0 aromatic heterocycles. The molecule has 2 aromatic carbocycles. The van der Waals surface area contributed by atoms with Crippen LogP contribution in [0.2, 0.25) is 0 Å². The largest absolute Gasteiger partial charge is 0.502 e. The van der Waals surface area contributed by atoms with Crippen LogP contribution < -0.4 is 10.6 Å². The summed E-state index contributed by atoms with van der Waals surface area (Å²) >= 11 is 0. The fourth-order valence-corrected chi connectivity index (χ4v) is 3.06. The van der Waals surface area contributed by atoms with Crippen molar-refractivity contribution in [3.05, 3.63) is 77.9 Å². The van der Waals surface area contributed by atoms with Gasteiger partial charge in [0.25, 0.3) is 10.0 Å². The lowest BCUT2D eigenvalue weighted by Gasteiger charge is -2.12. The number of nitrogens with one attached hydrogen (secondary N) is 1. The standard InChI is InChI=1S/C16H15N3O4S/c17-16-14(20)13(15(23-16)11-7-3-1-4-8-11)18-19-24(21,22)12-9-5-2-6-10-12/h1-10,15,19-20H,17H2/t15-/m0/s1. The number of benzene rings is 2. The lowest BCUT2D eigenvalue weighted by atomic mass is 10.1. The number of hydrogen-bond donors (Lipinski definition) is 3. The second-order valence-corrected chi connectivity index (χ2v) is 6.69. The zero-order valence-corrected chi connectivity index (χ0v) is 13.3. The monoisotopic (exact) mass is 345 g/mol. The third-order valence-electron chi connectivity index (χ3n) is 3.41. The maximum atomic E-state index is 12.2. The molecule has 0 aliphatic carbocycles. The van der Waals surface area contributed by atoms with Crippen molar-refractivity contribution in [3.8, 4) is 0 Å². The number of rotatable bonds is 4. The summed E-state index contributed by atoms with van der Waals surface area (Å²) in [5.41, 5.74) is 6.28. The van der Waals surface area contributed by atoms with E-state index in [0.717, 1.165) is 0 Å². The highest BCUT2D eigenvalue weighted by atomic mass is 32.2. The van der Waals surface area contributed by atoms with Gasteiger partial charge in [-0.1, -0.05) is 48.5 Å². The van der Waals surface area contributed by atoms with Crippen molar-refractivity contribution in [3.63, 3.8) is 0 Å². The molecular formula is C16H15N3O4S. The topological polar surface area (TPSA) is 114 Å². The Balaban J connectivity index is 1.92. The SMILES string of the molecule is NC1=C(O)C(=NNS(=O)(=O)c2ccccc2)[C@H](c2ccccc2)O1. The molecule has 1 aliphatic rings. The van der Waals surface area contributed by atoms with Crippen LogP contribution >= 0.6 is 0 Å². The predicted octanol–water partition coefficient (Wildman–Crippen LogP) is 1.78. The van der Waals surface area contributed by atoms with Crippen LogP contribution in [0, 0.1) is 0 Å². The normalized spacial score (nSPS) is 19.3. The zero-order valence-electron chi connectivity index (χ0n) is 12.5. The number of aliphatic hydroxyl groups excluding tert-OH is 1. The molecule has 0 amide bonds. The summed E-state index contributed by atoms with van der Waals surface area (Å²) in [4.78, 5) is 2.15. The first-order chi connectivity index (χ1) is 11.5. The van der Waals surface area contributed by atoms with Crippen molar-refractivity contribution in [2.45, 2.75) is 11.0 Å². The van der Waals surface area contributed by atoms with E-state index in [0.29, 0.717) is 5.56 Å². The van der Waals surface area contributed by atoms with Crippen LogP contribution in [0.5, 0.6) is 0 Å². The number of hydrazone groups is 1. The highest BCUT2D eigenvalue weighted by Crippen LogP contribution is 2.30. The summed E-state index contributed by atoms with van der Waals surface area (Å²) < 4.78 is 29.8. The first-order valence-electron chi connectivity index (χ1n) is 7.04. The molecule has 1 aliphatic heterocycles. The maximum absolute atomic E-state index is 12.2. The number of nitrogens with zero attached hydrogens (tertiary/aromatic N) is 1. The summed E-state index contributed by atoms with van der Waals surface area (Å²) in [6, 6.07) is 16.7. The van der Waals surface area contributed by atoms with Crippen LogP contribution in [-0.4, -0.2) is 19.2 Å². The molecule has 1 heterocycles. The molecule has 0 bridgehead atoms. The van der Waals surface area contributed by atoms with Gasteiger partial charge in [0.15, 0.2) is 11.8 Å². The smallest absolute Gasteiger partial charge is 0.276 e. The van der Waals surface area contributed by atoms with Crippen LogP contribution in [0.1, 0.15) is 11.7 Å². The van der Waals surface area contributed by atoms with Crippen LogP contribution in [0.15, 0.2) is 82.3 Å². The summed E-state index contributed by atoms with van der Waals surface area (Å²) in [5, 5.41) is 13.8. The molecule has 0 radical (unpaired) electrons. The molecule has 0 saturated carbocycles. The number of nitrogens with two attached hydrogens (primary N) is 1. The van der Waals surface area contributed by atoms with Crippen molar-refractivity contribution in [2.24, 2.45) is 10.8 Å². The highest BCUT2D eigenvalue weighted by molar-refractivity contribution is 7.89. The number of ether oxygens (including phenoxy) is 1. The number of sulfonamides is 1. The Hall–Kier alpha value is -3.00. The van der Waals surface area contributed by atoms with Crippen LogP contribution in [-0.2, 0) is 14.8 Å². The van der Waals surface area contributed by atoms with Gasteiger partial charge in [-0.25, -0.2) is 0 Å². The molecule has 0 saturated heterocycles. The van der Waals surface area contributed by atoms with E-state index in [2.05, 4.69) is 9.93 Å². The molecule has 0 fully saturated rings. The van der Waals surface area contributed by atoms with Gasteiger partial charge in [0.2, 0.25) is 11.6 Å². The predicted molar refractivity (Wildman–Crippen MR) is 88.3 cm³/mol. The Morgan fingerprint density at radius 2 is 1.62 bits per heavy atom. The van der Waals surface area contributed by atoms with Gasteiger partial charge in [-0.3, -0.25) is 0 Å². The van der Waals surface area contributed by atoms with Gasteiger partial charge in [-0.2, -0.15) is 18.4 Å². The minimum absolute atomic E-state index is 0.00166. The highest BCUT2D eigenvalue weighted by Gasteiger charge is 2.34. The van der Waals surface area contributed by atoms with Gasteiger partial charge in [0.1, 0.15) is 0 Å². The van der Waals surface area contributed by atoms with E-state index in [-0.39, 0.29) is 22.2 Å². The molecule has 1 atom stereocenters. The molecule has 24 heavy (non-hydrogen) atoms. The Kier molecular flexibility index (Phi) is 4.13. The van der Waals surface area contributed by atoms with Gasteiger partial charge < -0.3 is 15.6 Å². The summed E-state index contributed by atoms with van der Waals surface area (Å²) in [6.07, 6.45) is -0.787. The first-order valence-corrected chi connectivity index (χ1v) is 8.52. The van der Waals surface area contributed by atoms with Crippen molar-refractivity contribution < 1.29 is 18.3 Å². The molecule has 7 nitrogen and oxygen atoms in total. The van der Waals surface area contributed by atoms with Gasteiger partial charge in [0.05, 0.1) is 4.90 Å². The van der Waals surface area contributed by atoms with E-state index in [1.54, 1.807) is 42.5 Å². The van der Waals surface area contributed by atoms with E-state index in [1.807, 2.05) is 6.07 Å². The van der Waals surface area contributed by atoms with Crippen LogP contribution in [0.25, 0.3) is 0 Å². The second-order valence-electron chi connectivity index (χ2n) is 5.03. The molecule has 0 unspecified atom stereocenters. The molecule has 0 spiro atoms. The van der Waals surface area contributed by atoms with Gasteiger partial charge in [0, 0.05) is 0 Å². The van der Waals surface area contributed by atoms with E-state index >= 15 is 0 Å². The molecular weight excluding hydrogens is 330 g/mol. The van der Waals surface area contributed by atoms with Crippen LogP contribution in [0.3, 0.4) is 0 Å². The van der Waals surface area contributed by atoms with Crippen molar-refractivity contribution in [1.82, 2.24) is 4.83 Å². The fourth-order valence-electron chi connectivity index (χ4n) is 2.22. The van der Waals surface area contributed by atoms with Crippen molar-refractivity contribution in [2.75, 3.05) is 0 Å². The Labute approximate surface area is 139 Å². The average molecular weight is 345 g/mol. The summed E-state index contributed by atoms with van der Waals surface area (Å²) in [5.74, 6) is -0.596. The Morgan fingerprint density at radius 3 is 2.25 bits per heavy atom. The molecule has 3 rings (SSSR count). The minimum atomic E-state index is -3.86. The van der Waals surface area contributed by atoms with Gasteiger partial charge in [-0.05, 0) is 17.7 Å². The third kappa shape index (κ3) is 3.04. The van der Waals surface area contributed by atoms with E-state index in [1.165, 1.54) is 12.1 Å². The number of aliphatic hydroxyl groups is 1. The van der Waals surface area contributed by atoms with E-state index in [9.17, 15) is 13.5 Å². The summed E-state index contributed by atoms with van der Waals surface area (Å²) in [7, 11) is -3.86. The average Bonchev–Trinajstić information content (AvgIpc) is 2.89. The maximum Gasteiger partial charge on any atom is 0.276 e. The lowest BCUT2D eigenvalue weighted by Crippen LogP contribution is -2.22. The van der Waals surface area contributed by atoms with Gasteiger partial charge >= 0.3 is 0 Å². The van der Waals surface area contributed by atoms with Gasteiger partial charge in [-0.15, -0.1) is 0 Å². The molecule has 4 N–H and O–H groups in total. The van der Waals surface area contributed by atoms with Crippen molar-refractivity contribution in [1.29, 1.82) is 0 Å². The third-order valence-corrected chi connectivity index (χ3v) is 4.64. The number of hydrogen-bond acceptors (Lipinski definition) is 6. The Morgan fingerprint density at radius 1 is 1.04 bits per heavy atom. The Bertz CT molecular complexity index is 893. The quantitative estimate of drug-likeness (QED) is 0.731. The zero-order chi connectivity index (χ0) is 17.2. The van der Waals surface area contributed by atoms with Crippen molar-refractivity contribution >= 4 is 15.7 Å². The van der Waals surface area contributed by atoms with E-state index < -0.39 is 16.1 Å². The molecule has 2 aromatic rings. The lowest BCUT2D eigenvalue weighted by molar-refractivity contribution is 0.179. The first kappa shape index (κ1) is 15.9. The minimum Gasteiger partial charge on any atom is -0.502 e. The van der Waals surface area contributed by atoms with E-state index in [4.69, 9.17) is 10.5 Å². The molecule has 8 heteroatoms. The second kappa shape index (κ2) is 6.25.